The maximum absolute atomic E-state index is 13.5. The summed E-state index contributed by atoms with van der Waals surface area (Å²) in [5.74, 6) is 1.30. The first-order valence-electron chi connectivity index (χ1n) is 13.1. The van der Waals surface area contributed by atoms with Gasteiger partial charge in [-0.15, -0.1) is 0 Å². The van der Waals surface area contributed by atoms with E-state index in [1.165, 1.54) is 7.11 Å². The Kier molecular flexibility index (Phi) is 5.24. The zero-order chi connectivity index (χ0) is 24.9. The van der Waals surface area contributed by atoms with Crippen molar-refractivity contribution in [2.24, 2.45) is 34.0 Å². The topological polar surface area (TPSA) is 85.2 Å². The van der Waals surface area contributed by atoms with Crippen molar-refractivity contribution in [1.29, 1.82) is 0 Å². The lowest BCUT2D eigenvalue weighted by molar-refractivity contribution is -0.303. The van der Waals surface area contributed by atoms with Gasteiger partial charge in [-0.05, 0) is 85.7 Å². The number of aliphatic hydroxyl groups excluding tert-OH is 1. The summed E-state index contributed by atoms with van der Waals surface area (Å²) >= 11 is 0. The van der Waals surface area contributed by atoms with Gasteiger partial charge in [-0.1, -0.05) is 34.6 Å². The predicted octanol–water partition coefficient (Wildman–Crippen LogP) is 5.41. The molecule has 190 valence electrons. The first-order valence-corrected chi connectivity index (χ1v) is 13.1. The van der Waals surface area contributed by atoms with E-state index >= 15 is 0 Å². The Morgan fingerprint density at radius 2 is 1.76 bits per heavy atom. The fraction of sp³-hybridized carbons (Fsp3) is 0.821. The highest BCUT2D eigenvalue weighted by atomic mass is 17.1. The molecule has 3 saturated carbocycles. The number of methoxy groups -OCH3 is 1. The summed E-state index contributed by atoms with van der Waals surface area (Å²) in [5, 5.41) is 21.1. The molecule has 6 nitrogen and oxygen atoms in total. The first-order chi connectivity index (χ1) is 15.8. The summed E-state index contributed by atoms with van der Waals surface area (Å²) in [6.45, 7) is 13.4. The van der Waals surface area contributed by atoms with Gasteiger partial charge in [0, 0.05) is 11.8 Å². The Hall–Kier alpha value is -1.37. The molecule has 0 bridgehead atoms. The molecule has 0 aromatic rings. The first kappa shape index (κ1) is 24.3. The second kappa shape index (κ2) is 7.33. The zero-order valence-electron chi connectivity index (χ0n) is 21.9. The predicted molar refractivity (Wildman–Crippen MR) is 128 cm³/mol. The molecule has 1 aliphatic heterocycles. The van der Waals surface area contributed by atoms with Crippen LogP contribution < -0.4 is 0 Å². The van der Waals surface area contributed by atoms with Crippen molar-refractivity contribution < 1.29 is 29.5 Å². The largest absolute Gasteiger partial charge is 0.493 e. The van der Waals surface area contributed by atoms with Crippen LogP contribution in [0.2, 0.25) is 0 Å². The highest BCUT2D eigenvalue weighted by molar-refractivity contribution is 6.04. The van der Waals surface area contributed by atoms with E-state index in [9.17, 15) is 15.2 Å². The van der Waals surface area contributed by atoms with E-state index < -0.39 is 11.2 Å². The van der Waals surface area contributed by atoms with Crippen LogP contribution in [0.5, 0.6) is 0 Å². The normalized spacial score (nSPS) is 49.7. The Morgan fingerprint density at radius 1 is 1.06 bits per heavy atom. The monoisotopic (exact) mass is 474 g/mol. The Labute approximate surface area is 203 Å². The van der Waals surface area contributed by atoms with Crippen LogP contribution in [0.15, 0.2) is 23.2 Å². The summed E-state index contributed by atoms with van der Waals surface area (Å²) in [6, 6.07) is 0. The van der Waals surface area contributed by atoms with Crippen molar-refractivity contribution in [3.05, 3.63) is 23.2 Å². The van der Waals surface area contributed by atoms with Gasteiger partial charge in [-0.25, -0.2) is 4.89 Å². The van der Waals surface area contributed by atoms with Gasteiger partial charge < -0.3 is 14.6 Å². The fourth-order valence-corrected chi connectivity index (χ4v) is 9.63. The van der Waals surface area contributed by atoms with E-state index in [4.69, 9.17) is 14.4 Å². The number of carbonyl (C=O) groups excluding carboxylic acids is 1. The van der Waals surface area contributed by atoms with Crippen LogP contribution in [-0.4, -0.2) is 40.6 Å². The van der Waals surface area contributed by atoms with Gasteiger partial charge in [0.05, 0.1) is 13.2 Å². The molecule has 5 rings (SSSR count). The molecule has 0 radical (unpaired) electrons. The van der Waals surface area contributed by atoms with Gasteiger partial charge in [0.1, 0.15) is 11.4 Å². The number of allylic oxidation sites excluding steroid dienone is 2. The Morgan fingerprint density at radius 3 is 2.41 bits per heavy atom. The van der Waals surface area contributed by atoms with E-state index in [1.54, 1.807) is 6.08 Å². The molecule has 0 amide bonds. The van der Waals surface area contributed by atoms with Crippen LogP contribution in [0.4, 0.5) is 0 Å². The van der Waals surface area contributed by atoms with Crippen LogP contribution in [0.25, 0.3) is 0 Å². The van der Waals surface area contributed by atoms with Crippen LogP contribution in [0, 0.1) is 34.0 Å². The molecule has 6 heteroatoms. The van der Waals surface area contributed by atoms with Crippen molar-refractivity contribution in [2.45, 2.75) is 104 Å². The minimum Gasteiger partial charge on any atom is -0.493 e. The maximum atomic E-state index is 13.5. The molecule has 8 atom stereocenters. The average Bonchev–Trinajstić information content (AvgIpc) is 3.17. The van der Waals surface area contributed by atoms with Gasteiger partial charge in [-0.2, -0.15) is 0 Å². The number of hydrogen-bond donors (Lipinski definition) is 2. The molecular formula is C28H42O6. The van der Waals surface area contributed by atoms with Crippen molar-refractivity contribution in [3.8, 4) is 0 Å². The number of carbonyl (C=O) groups is 1. The molecule has 4 aliphatic carbocycles. The van der Waals surface area contributed by atoms with Crippen molar-refractivity contribution >= 4 is 5.78 Å². The second-order valence-electron chi connectivity index (χ2n) is 13.1. The number of ketones is 1. The van der Waals surface area contributed by atoms with Gasteiger partial charge in [0.2, 0.25) is 11.4 Å². The standard InChI is InChI=1S/C28H42O6/c1-16-14-18(32-7)22(30)27(34-31)15-28(33-23(16)27)17(2)8-9-20-25(5)12-11-21(29)24(3,4)19(25)10-13-26(20,28)6/h14,17,19-21,29,31H,8-13,15H2,1-7H3/t17-,19-,20+,21-,25-,26+,27-,28-/m0/s1. The van der Waals surface area contributed by atoms with Crippen molar-refractivity contribution in [3.63, 3.8) is 0 Å². The summed E-state index contributed by atoms with van der Waals surface area (Å²) in [6.07, 6.45) is 7.65. The van der Waals surface area contributed by atoms with Gasteiger partial charge in [0.15, 0.2) is 5.76 Å². The van der Waals surface area contributed by atoms with Crippen LogP contribution >= 0.6 is 0 Å². The average molecular weight is 475 g/mol. The van der Waals surface area contributed by atoms with Gasteiger partial charge in [-0.3, -0.25) is 10.1 Å². The third kappa shape index (κ3) is 2.66. The van der Waals surface area contributed by atoms with Crippen LogP contribution in [0.3, 0.4) is 0 Å². The van der Waals surface area contributed by atoms with E-state index in [2.05, 4.69) is 34.6 Å². The number of fused-ring (bicyclic) bond motifs is 5. The molecule has 0 aromatic heterocycles. The Bertz CT molecular complexity index is 966. The number of Topliss-reactive ketones (excluding diaryl/α,β-unsaturated/α-hetero) is 1. The van der Waals surface area contributed by atoms with E-state index in [0.29, 0.717) is 24.0 Å². The lowest BCUT2D eigenvalue weighted by Gasteiger charge is -2.69. The lowest BCUT2D eigenvalue weighted by atomic mass is 9.37. The van der Waals surface area contributed by atoms with Crippen molar-refractivity contribution in [1.82, 2.24) is 0 Å². The third-order valence-electron chi connectivity index (χ3n) is 11.5. The maximum Gasteiger partial charge on any atom is 0.240 e. The highest BCUT2D eigenvalue weighted by Gasteiger charge is 2.75. The number of ether oxygens (including phenoxy) is 2. The second-order valence-corrected chi connectivity index (χ2v) is 13.1. The summed E-state index contributed by atoms with van der Waals surface area (Å²) in [7, 11) is 1.47. The van der Waals surface area contributed by atoms with Crippen LogP contribution in [-0.2, 0) is 19.2 Å². The number of rotatable bonds is 2. The lowest BCUT2D eigenvalue weighted by Crippen LogP contribution is -2.67. The van der Waals surface area contributed by atoms with E-state index in [1.807, 2.05) is 6.92 Å². The molecule has 0 unspecified atom stereocenters. The molecule has 0 aromatic carbocycles. The quantitative estimate of drug-likeness (QED) is 0.411. The summed E-state index contributed by atoms with van der Waals surface area (Å²) in [5.41, 5.74) is -1.66. The molecule has 1 saturated heterocycles. The fourth-order valence-electron chi connectivity index (χ4n) is 9.63. The van der Waals surface area contributed by atoms with Crippen molar-refractivity contribution in [2.75, 3.05) is 7.11 Å². The van der Waals surface area contributed by atoms with E-state index in [-0.39, 0.29) is 39.8 Å². The molecule has 2 N–H and O–H groups in total. The highest BCUT2D eigenvalue weighted by Crippen LogP contribution is 2.73. The minimum atomic E-state index is -1.55. The molecule has 5 aliphatic rings. The number of hydrogen-bond acceptors (Lipinski definition) is 6. The zero-order valence-corrected chi connectivity index (χ0v) is 21.9. The molecule has 34 heavy (non-hydrogen) atoms. The molecular weight excluding hydrogens is 432 g/mol. The third-order valence-corrected chi connectivity index (χ3v) is 11.5. The minimum absolute atomic E-state index is 0.0800. The SMILES string of the molecule is COC1=CC(C)=C2O[C@@]3(C[C@]2(OO)C1=O)[C@@H](C)CC[C@@H]1[C@@]2(C)CC[C@H](O)C(C)(C)[C@@H]2CC[C@]13C. The van der Waals surface area contributed by atoms with Crippen LogP contribution in [0.1, 0.15) is 86.5 Å². The summed E-state index contributed by atoms with van der Waals surface area (Å²) < 4.78 is 12.3. The van der Waals surface area contributed by atoms with E-state index in [0.717, 1.165) is 44.1 Å². The molecule has 1 spiro atoms. The smallest absolute Gasteiger partial charge is 0.240 e. The van der Waals surface area contributed by atoms with Gasteiger partial charge >= 0.3 is 0 Å². The molecule has 4 fully saturated rings. The van der Waals surface area contributed by atoms with Gasteiger partial charge in [0.25, 0.3) is 0 Å². The Balaban J connectivity index is 1.62. The number of aliphatic hydroxyl groups is 1. The molecule has 1 heterocycles. The summed E-state index contributed by atoms with van der Waals surface area (Å²) in [4.78, 5) is 18.6.